The molecule has 3 rings (SSSR count). The first-order valence-electron chi connectivity index (χ1n) is 7.51. The Morgan fingerprint density at radius 3 is 2.85 bits per heavy atom. The predicted molar refractivity (Wildman–Crippen MR) is 82.9 cm³/mol. The lowest BCUT2D eigenvalue weighted by atomic mass is 9.95. The van der Waals surface area contributed by atoms with Crippen LogP contribution in [-0.2, 0) is 4.79 Å². The second-order valence-corrected chi connectivity index (χ2v) is 6.86. The van der Waals surface area contributed by atoms with Gasteiger partial charge in [0.2, 0.25) is 5.91 Å². The summed E-state index contributed by atoms with van der Waals surface area (Å²) in [7, 11) is 0. The van der Waals surface area contributed by atoms with Crippen molar-refractivity contribution < 1.29 is 4.79 Å². The average molecular weight is 290 g/mol. The summed E-state index contributed by atoms with van der Waals surface area (Å²) in [6.45, 7) is 0.553. The molecule has 2 atom stereocenters. The lowest BCUT2D eigenvalue weighted by molar-refractivity contribution is -0.123. The van der Waals surface area contributed by atoms with Crippen molar-refractivity contribution in [2.45, 2.75) is 42.5 Å². The van der Waals surface area contributed by atoms with Gasteiger partial charge in [0.25, 0.3) is 0 Å². The first kappa shape index (κ1) is 14.0. The minimum Gasteiger partial charge on any atom is -0.351 e. The molecule has 1 fully saturated rings. The first-order chi connectivity index (χ1) is 9.79. The Balaban J connectivity index is 1.67. The highest BCUT2D eigenvalue weighted by Gasteiger charge is 2.32. The molecule has 2 aliphatic rings. The molecule has 4 heteroatoms. The maximum Gasteiger partial charge on any atom is 0.228 e. The number of thioether (sulfide) groups is 1. The number of hydrogen-bond donors (Lipinski definition) is 2. The zero-order valence-electron chi connectivity index (χ0n) is 11.7. The molecule has 1 aliphatic heterocycles. The van der Waals surface area contributed by atoms with E-state index in [-0.39, 0.29) is 17.9 Å². The first-order valence-corrected chi connectivity index (χ1v) is 8.50. The van der Waals surface area contributed by atoms with Gasteiger partial charge in [-0.25, -0.2) is 0 Å². The van der Waals surface area contributed by atoms with E-state index in [9.17, 15) is 4.79 Å². The highest BCUT2D eigenvalue weighted by molar-refractivity contribution is 7.99. The largest absolute Gasteiger partial charge is 0.351 e. The molecule has 1 aromatic rings. The number of hydrogen-bond acceptors (Lipinski definition) is 3. The number of rotatable bonds is 4. The predicted octanol–water partition coefficient (Wildman–Crippen LogP) is 2.51. The molecule has 0 spiro atoms. The van der Waals surface area contributed by atoms with Gasteiger partial charge in [-0.05, 0) is 30.4 Å². The second-order valence-electron chi connectivity index (χ2n) is 5.80. The normalized spacial score (nSPS) is 23.6. The van der Waals surface area contributed by atoms with Crippen LogP contribution in [0.15, 0.2) is 29.2 Å². The molecular weight excluding hydrogens is 268 g/mol. The van der Waals surface area contributed by atoms with Crippen LogP contribution in [0.5, 0.6) is 0 Å². The average Bonchev–Trinajstić information content (AvgIpc) is 3.13. The Bertz CT molecular complexity index is 485. The van der Waals surface area contributed by atoms with Crippen molar-refractivity contribution in [3.8, 4) is 0 Å². The van der Waals surface area contributed by atoms with Gasteiger partial charge < -0.3 is 11.1 Å². The summed E-state index contributed by atoms with van der Waals surface area (Å²) in [5.74, 6) is 1.58. The molecule has 0 radical (unpaired) electrons. The maximum atomic E-state index is 12.6. The number of amides is 1. The molecule has 3 N–H and O–H groups in total. The third-order valence-corrected chi connectivity index (χ3v) is 5.75. The van der Waals surface area contributed by atoms with E-state index in [2.05, 4.69) is 17.4 Å². The Hall–Kier alpha value is -1.00. The minimum absolute atomic E-state index is 0.00773. The fourth-order valence-corrected chi connectivity index (χ4v) is 4.62. The maximum absolute atomic E-state index is 12.6. The van der Waals surface area contributed by atoms with Gasteiger partial charge in [-0.3, -0.25) is 4.79 Å². The van der Waals surface area contributed by atoms with Crippen molar-refractivity contribution in [2.24, 2.45) is 11.7 Å². The Morgan fingerprint density at radius 2 is 2.10 bits per heavy atom. The van der Waals surface area contributed by atoms with Crippen molar-refractivity contribution in [3.05, 3.63) is 29.8 Å². The van der Waals surface area contributed by atoms with Gasteiger partial charge in [0.15, 0.2) is 0 Å². The number of carbonyl (C=O) groups excluding carboxylic acids is 1. The monoisotopic (exact) mass is 290 g/mol. The summed E-state index contributed by atoms with van der Waals surface area (Å²) >= 11 is 1.78. The van der Waals surface area contributed by atoms with E-state index >= 15 is 0 Å². The summed E-state index contributed by atoms with van der Waals surface area (Å²) in [5, 5.41) is 3.21. The van der Waals surface area contributed by atoms with Crippen molar-refractivity contribution in [3.63, 3.8) is 0 Å². The van der Waals surface area contributed by atoms with Gasteiger partial charge in [0.1, 0.15) is 0 Å². The smallest absolute Gasteiger partial charge is 0.228 e. The van der Waals surface area contributed by atoms with Gasteiger partial charge in [-0.1, -0.05) is 31.0 Å². The van der Waals surface area contributed by atoms with Gasteiger partial charge in [-0.2, -0.15) is 0 Å². The van der Waals surface area contributed by atoms with Crippen LogP contribution in [-0.4, -0.2) is 24.2 Å². The van der Waals surface area contributed by atoms with Crippen LogP contribution < -0.4 is 11.1 Å². The van der Waals surface area contributed by atoms with E-state index in [1.54, 1.807) is 11.8 Å². The molecule has 0 aromatic heterocycles. The Kier molecular flexibility index (Phi) is 4.32. The van der Waals surface area contributed by atoms with Crippen molar-refractivity contribution in [1.82, 2.24) is 5.32 Å². The third kappa shape index (κ3) is 2.72. The van der Waals surface area contributed by atoms with E-state index in [1.807, 2.05) is 12.1 Å². The number of nitrogens with two attached hydrogens (primary N) is 1. The zero-order valence-corrected chi connectivity index (χ0v) is 12.5. The van der Waals surface area contributed by atoms with Crippen molar-refractivity contribution >= 4 is 17.7 Å². The minimum atomic E-state index is -0.00773. The molecule has 1 heterocycles. The van der Waals surface area contributed by atoms with Gasteiger partial charge in [0.05, 0.1) is 5.92 Å². The molecule has 0 bridgehead atoms. The van der Waals surface area contributed by atoms with E-state index in [4.69, 9.17) is 5.73 Å². The number of nitrogens with one attached hydrogen (secondary N) is 1. The molecule has 108 valence electrons. The molecule has 1 saturated carbocycles. The standard InChI is InChI=1S/C16H22N2OS/c17-9-14(11-5-1-2-6-11)18-16(19)13-10-20-15-8-4-3-7-12(13)15/h3-4,7-8,11,13-14H,1-2,5-6,9-10,17H2,(H,18,19). The lowest BCUT2D eigenvalue weighted by Crippen LogP contribution is -2.46. The van der Waals surface area contributed by atoms with Crippen LogP contribution in [0, 0.1) is 5.92 Å². The summed E-state index contributed by atoms with van der Waals surface area (Å²) in [6, 6.07) is 8.38. The molecule has 3 nitrogen and oxygen atoms in total. The van der Waals surface area contributed by atoms with E-state index < -0.39 is 0 Å². The second kappa shape index (κ2) is 6.19. The van der Waals surface area contributed by atoms with Crippen LogP contribution in [0.2, 0.25) is 0 Å². The molecule has 0 saturated heterocycles. The van der Waals surface area contributed by atoms with Crippen LogP contribution in [0.4, 0.5) is 0 Å². The number of fused-ring (bicyclic) bond motifs is 1. The molecule has 1 aliphatic carbocycles. The van der Waals surface area contributed by atoms with E-state index in [0.717, 1.165) is 5.75 Å². The number of benzene rings is 1. The SMILES string of the molecule is NCC(NC(=O)C1CSc2ccccc21)C1CCCC1. The van der Waals surface area contributed by atoms with Crippen LogP contribution in [0.25, 0.3) is 0 Å². The Morgan fingerprint density at radius 1 is 1.35 bits per heavy atom. The van der Waals surface area contributed by atoms with Crippen LogP contribution in [0.1, 0.15) is 37.2 Å². The summed E-state index contributed by atoms with van der Waals surface area (Å²) in [6.07, 6.45) is 4.97. The summed E-state index contributed by atoms with van der Waals surface area (Å²) in [5.41, 5.74) is 7.05. The van der Waals surface area contributed by atoms with Crippen molar-refractivity contribution in [1.29, 1.82) is 0 Å². The topological polar surface area (TPSA) is 55.1 Å². The highest BCUT2D eigenvalue weighted by atomic mass is 32.2. The molecule has 1 amide bonds. The fraction of sp³-hybridized carbons (Fsp3) is 0.562. The van der Waals surface area contributed by atoms with E-state index in [0.29, 0.717) is 12.5 Å². The van der Waals surface area contributed by atoms with Gasteiger partial charge >= 0.3 is 0 Å². The Labute approximate surface area is 124 Å². The number of carbonyl (C=O) groups is 1. The molecular formula is C16H22N2OS. The molecule has 20 heavy (non-hydrogen) atoms. The van der Waals surface area contributed by atoms with Gasteiger partial charge in [-0.15, -0.1) is 11.8 Å². The third-order valence-electron chi connectivity index (χ3n) is 4.57. The fourth-order valence-electron chi connectivity index (χ4n) is 3.39. The lowest BCUT2D eigenvalue weighted by Gasteiger charge is -2.24. The highest BCUT2D eigenvalue weighted by Crippen LogP contribution is 2.39. The molecule has 1 aromatic carbocycles. The van der Waals surface area contributed by atoms with Crippen LogP contribution >= 0.6 is 11.8 Å². The van der Waals surface area contributed by atoms with Gasteiger partial charge in [0, 0.05) is 23.2 Å². The van der Waals surface area contributed by atoms with Crippen LogP contribution in [0.3, 0.4) is 0 Å². The zero-order chi connectivity index (χ0) is 13.9. The quantitative estimate of drug-likeness (QED) is 0.896. The van der Waals surface area contributed by atoms with Crippen molar-refractivity contribution in [2.75, 3.05) is 12.3 Å². The summed E-state index contributed by atoms with van der Waals surface area (Å²) in [4.78, 5) is 13.8. The molecule has 2 unspecified atom stereocenters. The van der Waals surface area contributed by atoms with E-state index in [1.165, 1.54) is 36.1 Å². The summed E-state index contributed by atoms with van der Waals surface area (Å²) < 4.78 is 0.